The minimum Gasteiger partial charge on any atom is -0.459 e. The van der Waals surface area contributed by atoms with Crippen LogP contribution in [0.25, 0.3) is 0 Å². The van der Waals surface area contributed by atoms with Crippen molar-refractivity contribution in [3.63, 3.8) is 0 Å². The van der Waals surface area contributed by atoms with Crippen molar-refractivity contribution < 1.29 is 9.53 Å². The molecule has 0 heterocycles. The molecule has 0 aliphatic heterocycles. The summed E-state index contributed by atoms with van der Waals surface area (Å²) >= 11 is 0. The van der Waals surface area contributed by atoms with Crippen LogP contribution in [0.1, 0.15) is 47.5 Å². The molecule has 0 unspecified atom stereocenters. The smallest absolute Gasteiger partial charge is 0.320 e. The Labute approximate surface area is 93.8 Å². The van der Waals surface area contributed by atoms with E-state index in [9.17, 15) is 4.79 Å². The molecule has 3 heteroatoms. The average molecular weight is 215 g/mol. The fourth-order valence-corrected chi connectivity index (χ4v) is 1.46. The summed E-state index contributed by atoms with van der Waals surface area (Å²) in [4.78, 5) is 13.7. The molecule has 0 aromatic rings. The normalized spacial score (nSPS) is 11.9. The van der Waals surface area contributed by atoms with E-state index < -0.39 is 0 Å². The summed E-state index contributed by atoms with van der Waals surface area (Å²) in [5.41, 5.74) is -0.374. The van der Waals surface area contributed by atoms with Gasteiger partial charge in [-0.25, -0.2) is 0 Å². The number of hydrogen-bond acceptors (Lipinski definition) is 3. The van der Waals surface area contributed by atoms with Crippen molar-refractivity contribution in [2.75, 3.05) is 19.6 Å². The van der Waals surface area contributed by atoms with Crippen LogP contribution in [0.15, 0.2) is 0 Å². The highest BCUT2D eigenvalue weighted by Crippen LogP contribution is 2.07. The van der Waals surface area contributed by atoms with Crippen LogP contribution < -0.4 is 0 Å². The molecule has 0 saturated heterocycles. The minimum atomic E-state index is -0.374. The molecular weight excluding hydrogens is 190 g/mol. The Balaban J connectivity index is 3.99. The van der Waals surface area contributed by atoms with Crippen molar-refractivity contribution in [1.29, 1.82) is 0 Å². The van der Waals surface area contributed by atoms with Crippen LogP contribution in [0.5, 0.6) is 0 Å². The molecule has 0 aromatic heterocycles. The standard InChI is InChI=1S/C12H25NO2/c1-6-8-13(9-7-2)10-11(14)15-12(3,4)5/h6-10H2,1-5H3. The quantitative estimate of drug-likeness (QED) is 0.637. The summed E-state index contributed by atoms with van der Waals surface area (Å²) in [6.07, 6.45) is 2.14. The lowest BCUT2D eigenvalue weighted by Crippen LogP contribution is -2.35. The molecule has 0 spiro atoms. The van der Waals surface area contributed by atoms with Gasteiger partial charge in [-0.05, 0) is 46.7 Å². The fourth-order valence-electron chi connectivity index (χ4n) is 1.46. The van der Waals surface area contributed by atoms with E-state index in [0.29, 0.717) is 6.54 Å². The third-order valence-corrected chi connectivity index (χ3v) is 1.85. The Hall–Kier alpha value is -0.570. The molecule has 0 rings (SSSR count). The lowest BCUT2D eigenvalue weighted by Gasteiger charge is -2.24. The SMILES string of the molecule is CCCN(CCC)CC(=O)OC(C)(C)C. The van der Waals surface area contributed by atoms with Crippen molar-refractivity contribution in [3.05, 3.63) is 0 Å². The van der Waals surface area contributed by atoms with Gasteiger partial charge in [0, 0.05) is 0 Å². The van der Waals surface area contributed by atoms with Gasteiger partial charge in [-0.2, -0.15) is 0 Å². The van der Waals surface area contributed by atoms with Gasteiger partial charge in [0.2, 0.25) is 0 Å². The molecule has 0 fully saturated rings. The Morgan fingerprint density at radius 3 is 1.93 bits per heavy atom. The van der Waals surface area contributed by atoms with Gasteiger partial charge in [0.1, 0.15) is 5.60 Å². The summed E-state index contributed by atoms with van der Waals surface area (Å²) in [5.74, 6) is -0.121. The van der Waals surface area contributed by atoms with Crippen LogP contribution in [0.3, 0.4) is 0 Å². The summed E-state index contributed by atoms with van der Waals surface area (Å²) in [6.45, 7) is 12.3. The van der Waals surface area contributed by atoms with E-state index in [1.165, 1.54) is 0 Å². The van der Waals surface area contributed by atoms with Crippen molar-refractivity contribution in [2.24, 2.45) is 0 Å². The zero-order valence-electron chi connectivity index (χ0n) is 10.8. The van der Waals surface area contributed by atoms with Gasteiger partial charge in [0.25, 0.3) is 0 Å². The van der Waals surface area contributed by atoms with E-state index in [2.05, 4.69) is 18.7 Å². The zero-order valence-corrected chi connectivity index (χ0v) is 10.8. The molecule has 0 amide bonds. The predicted octanol–water partition coefficient (Wildman–Crippen LogP) is 2.45. The number of esters is 1. The number of hydrogen-bond donors (Lipinski definition) is 0. The summed E-state index contributed by atoms with van der Waals surface area (Å²) < 4.78 is 5.28. The van der Waals surface area contributed by atoms with E-state index >= 15 is 0 Å². The molecule has 0 saturated carbocycles. The average Bonchev–Trinajstić information content (AvgIpc) is 2.00. The maximum absolute atomic E-state index is 11.6. The summed E-state index contributed by atoms with van der Waals surface area (Å²) in [6, 6.07) is 0. The third-order valence-electron chi connectivity index (χ3n) is 1.85. The van der Waals surface area contributed by atoms with Gasteiger partial charge in [-0.1, -0.05) is 13.8 Å². The highest BCUT2D eigenvalue weighted by Gasteiger charge is 2.18. The van der Waals surface area contributed by atoms with Crippen molar-refractivity contribution >= 4 is 5.97 Å². The van der Waals surface area contributed by atoms with Gasteiger partial charge in [-0.3, -0.25) is 9.69 Å². The van der Waals surface area contributed by atoms with Gasteiger partial charge >= 0.3 is 5.97 Å². The molecule has 0 radical (unpaired) electrons. The molecule has 0 aromatic carbocycles. The second-order valence-electron chi connectivity index (χ2n) is 4.86. The van der Waals surface area contributed by atoms with Gasteiger partial charge < -0.3 is 4.74 Å². The van der Waals surface area contributed by atoms with E-state index in [1.807, 2.05) is 20.8 Å². The van der Waals surface area contributed by atoms with Crippen molar-refractivity contribution in [3.8, 4) is 0 Å². The molecule has 0 aliphatic carbocycles. The molecule has 0 N–H and O–H groups in total. The van der Waals surface area contributed by atoms with E-state index in [1.54, 1.807) is 0 Å². The maximum atomic E-state index is 11.6. The fraction of sp³-hybridized carbons (Fsp3) is 0.917. The molecular formula is C12H25NO2. The summed E-state index contributed by atoms with van der Waals surface area (Å²) in [5, 5.41) is 0. The number of carbonyl (C=O) groups is 1. The first kappa shape index (κ1) is 14.4. The molecule has 0 aliphatic rings. The number of ether oxygens (including phenoxy) is 1. The Bertz CT molecular complexity index is 179. The molecule has 3 nitrogen and oxygen atoms in total. The monoisotopic (exact) mass is 215 g/mol. The molecule has 90 valence electrons. The topological polar surface area (TPSA) is 29.5 Å². The number of nitrogens with zero attached hydrogens (tertiary/aromatic N) is 1. The summed E-state index contributed by atoms with van der Waals surface area (Å²) in [7, 11) is 0. The van der Waals surface area contributed by atoms with Gasteiger partial charge in [0.05, 0.1) is 6.54 Å². The van der Waals surface area contributed by atoms with Crippen LogP contribution >= 0.6 is 0 Å². The van der Waals surface area contributed by atoms with Crippen LogP contribution in [-0.2, 0) is 9.53 Å². The maximum Gasteiger partial charge on any atom is 0.320 e. The Morgan fingerprint density at radius 1 is 1.13 bits per heavy atom. The molecule has 0 bridgehead atoms. The lowest BCUT2D eigenvalue weighted by atomic mass is 10.2. The predicted molar refractivity (Wildman–Crippen MR) is 62.9 cm³/mol. The minimum absolute atomic E-state index is 0.121. The number of rotatable bonds is 6. The second-order valence-corrected chi connectivity index (χ2v) is 4.86. The largest absolute Gasteiger partial charge is 0.459 e. The Kier molecular flexibility index (Phi) is 6.57. The Morgan fingerprint density at radius 2 is 1.60 bits per heavy atom. The third kappa shape index (κ3) is 8.43. The van der Waals surface area contributed by atoms with Crippen molar-refractivity contribution in [2.45, 2.75) is 53.1 Å². The highest BCUT2D eigenvalue weighted by molar-refractivity contribution is 5.72. The lowest BCUT2D eigenvalue weighted by molar-refractivity contribution is -0.156. The highest BCUT2D eigenvalue weighted by atomic mass is 16.6. The van der Waals surface area contributed by atoms with E-state index in [-0.39, 0.29) is 11.6 Å². The molecule has 0 atom stereocenters. The number of carbonyl (C=O) groups excluding carboxylic acids is 1. The van der Waals surface area contributed by atoms with Crippen LogP contribution in [-0.4, -0.2) is 36.1 Å². The first-order valence-corrected chi connectivity index (χ1v) is 5.83. The molecule has 15 heavy (non-hydrogen) atoms. The zero-order chi connectivity index (χ0) is 11.9. The van der Waals surface area contributed by atoms with Gasteiger partial charge in [0.15, 0.2) is 0 Å². The first-order chi connectivity index (χ1) is 6.89. The first-order valence-electron chi connectivity index (χ1n) is 5.83. The second kappa shape index (κ2) is 6.83. The van der Waals surface area contributed by atoms with Crippen LogP contribution in [0.2, 0.25) is 0 Å². The van der Waals surface area contributed by atoms with Crippen LogP contribution in [0.4, 0.5) is 0 Å². The van der Waals surface area contributed by atoms with Crippen molar-refractivity contribution in [1.82, 2.24) is 4.90 Å². The van der Waals surface area contributed by atoms with Gasteiger partial charge in [-0.15, -0.1) is 0 Å². The van der Waals surface area contributed by atoms with E-state index in [0.717, 1.165) is 25.9 Å². The van der Waals surface area contributed by atoms with E-state index in [4.69, 9.17) is 4.74 Å². The van der Waals surface area contributed by atoms with Crippen LogP contribution in [0, 0.1) is 0 Å².